The lowest BCUT2D eigenvalue weighted by Gasteiger charge is -2.17. The topological polar surface area (TPSA) is 30.5 Å². The molecule has 86 valence electrons. The van der Waals surface area contributed by atoms with Crippen LogP contribution in [0.15, 0.2) is 18.2 Å². The number of nitrogens with one attached hydrogen (secondary N) is 1. The molecule has 2 atom stereocenters. The number of fused-ring (bicyclic) bond motifs is 1. The number of rotatable bonds is 2. The normalized spacial score (nSPS) is 27.6. The van der Waals surface area contributed by atoms with Gasteiger partial charge < -0.3 is 14.8 Å². The van der Waals surface area contributed by atoms with E-state index in [2.05, 4.69) is 30.4 Å². The van der Waals surface area contributed by atoms with Gasteiger partial charge in [-0.1, -0.05) is 0 Å². The van der Waals surface area contributed by atoms with Gasteiger partial charge in [0, 0.05) is 18.7 Å². The highest BCUT2D eigenvalue weighted by atomic mass is 16.5. The summed E-state index contributed by atoms with van der Waals surface area (Å²) in [6, 6.07) is 6.80. The molecule has 16 heavy (non-hydrogen) atoms. The quantitative estimate of drug-likeness (QED) is 0.827. The molecule has 0 bridgehead atoms. The van der Waals surface area contributed by atoms with E-state index >= 15 is 0 Å². The molecule has 0 aliphatic carbocycles. The third kappa shape index (κ3) is 1.76. The summed E-state index contributed by atoms with van der Waals surface area (Å²) in [6.07, 6.45) is 2.43. The number of ether oxygens (including phenoxy) is 2. The first-order valence-corrected chi connectivity index (χ1v) is 5.97. The first-order chi connectivity index (χ1) is 7.83. The van der Waals surface area contributed by atoms with Gasteiger partial charge in [-0.25, -0.2) is 0 Å². The Kier molecular flexibility index (Phi) is 2.48. The van der Waals surface area contributed by atoms with Gasteiger partial charge in [0.2, 0.25) is 0 Å². The average molecular weight is 219 g/mol. The molecule has 2 unspecified atom stereocenters. The molecular formula is C13H17NO2. The Morgan fingerprint density at radius 1 is 1.31 bits per heavy atom. The second-order valence-electron chi connectivity index (χ2n) is 4.54. The van der Waals surface area contributed by atoms with Crippen LogP contribution >= 0.6 is 0 Å². The molecule has 2 aliphatic rings. The van der Waals surface area contributed by atoms with E-state index in [4.69, 9.17) is 9.47 Å². The molecule has 1 saturated heterocycles. The van der Waals surface area contributed by atoms with Gasteiger partial charge in [-0.05, 0) is 37.1 Å². The van der Waals surface area contributed by atoms with E-state index in [1.165, 1.54) is 11.3 Å². The van der Waals surface area contributed by atoms with Crippen LogP contribution in [0.2, 0.25) is 0 Å². The Labute approximate surface area is 95.8 Å². The van der Waals surface area contributed by atoms with Crippen molar-refractivity contribution in [1.29, 1.82) is 0 Å². The minimum Gasteiger partial charge on any atom is -0.493 e. The molecule has 0 saturated carbocycles. The maximum atomic E-state index is 5.54. The van der Waals surface area contributed by atoms with Crippen molar-refractivity contribution in [3.8, 4) is 5.75 Å². The molecule has 1 N–H and O–H groups in total. The SMILES string of the molecule is CC1OCCC1Nc1ccc2c(c1)CCO2. The van der Waals surface area contributed by atoms with Crippen molar-refractivity contribution >= 4 is 5.69 Å². The number of benzene rings is 1. The van der Waals surface area contributed by atoms with Gasteiger partial charge in [-0.15, -0.1) is 0 Å². The standard InChI is InChI=1S/C13H17NO2/c1-9-12(5-7-15-9)14-11-2-3-13-10(8-11)4-6-16-13/h2-3,8-9,12,14H,4-7H2,1H3. The fraction of sp³-hybridized carbons (Fsp3) is 0.538. The van der Waals surface area contributed by atoms with E-state index in [0.29, 0.717) is 12.1 Å². The third-order valence-electron chi connectivity index (χ3n) is 3.42. The summed E-state index contributed by atoms with van der Waals surface area (Å²) < 4.78 is 11.0. The lowest BCUT2D eigenvalue weighted by Crippen LogP contribution is -2.26. The van der Waals surface area contributed by atoms with Crippen LogP contribution in [-0.2, 0) is 11.2 Å². The minimum absolute atomic E-state index is 0.310. The van der Waals surface area contributed by atoms with Gasteiger partial charge >= 0.3 is 0 Å². The van der Waals surface area contributed by atoms with Gasteiger partial charge in [0.25, 0.3) is 0 Å². The molecule has 0 aromatic heterocycles. The van der Waals surface area contributed by atoms with Gasteiger partial charge in [0.05, 0.1) is 18.8 Å². The fourth-order valence-electron chi connectivity index (χ4n) is 2.41. The summed E-state index contributed by atoms with van der Waals surface area (Å²) in [5, 5.41) is 3.54. The maximum absolute atomic E-state index is 5.54. The fourth-order valence-corrected chi connectivity index (χ4v) is 2.41. The van der Waals surface area contributed by atoms with Crippen molar-refractivity contribution in [2.45, 2.75) is 31.9 Å². The molecule has 1 aromatic rings. The van der Waals surface area contributed by atoms with Crippen LogP contribution in [0.25, 0.3) is 0 Å². The Bertz CT molecular complexity index is 392. The summed E-state index contributed by atoms with van der Waals surface area (Å²) in [5.41, 5.74) is 2.50. The lowest BCUT2D eigenvalue weighted by atomic mass is 10.1. The monoisotopic (exact) mass is 219 g/mol. The number of hydrogen-bond acceptors (Lipinski definition) is 3. The van der Waals surface area contributed by atoms with Crippen molar-refractivity contribution in [3.63, 3.8) is 0 Å². The summed E-state index contributed by atoms with van der Waals surface area (Å²) in [7, 11) is 0. The Hall–Kier alpha value is -1.22. The van der Waals surface area contributed by atoms with Crippen LogP contribution in [0.4, 0.5) is 5.69 Å². The zero-order chi connectivity index (χ0) is 11.0. The molecule has 3 heteroatoms. The lowest BCUT2D eigenvalue weighted by molar-refractivity contribution is 0.121. The highest BCUT2D eigenvalue weighted by molar-refractivity contribution is 5.53. The van der Waals surface area contributed by atoms with Crippen LogP contribution in [0.3, 0.4) is 0 Å². The highest BCUT2D eigenvalue weighted by Crippen LogP contribution is 2.29. The molecule has 0 spiro atoms. The Morgan fingerprint density at radius 2 is 2.25 bits per heavy atom. The van der Waals surface area contributed by atoms with Crippen molar-refractivity contribution in [2.75, 3.05) is 18.5 Å². The molecule has 3 rings (SSSR count). The molecule has 0 amide bonds. The van der Waals surface area contributed by atoms with Gasteiger partial charge in [0.1, 0.15) is 5.75 Å². The van der Waals surface area contributed by atoms with E-state index in [9.17, 15) is 0 Å². The summed E-state index contributed by atoms with van der Waals surface area (Å²) >= 11 is 0. The van der Waals surface area contributed by atoms with E-state index in [-0.39, 0.29) is 0 Å². The van der Waals surface area contributed by atoms with Crippen LogP contribution in [0, 0.1) is 0 Å². The van der Waals surface area contributed by atoms with E-state index in [0.717, 1.165) is 31.8 Å². The van der Waals surface area contributed by atoms with Crippen molar-refractivity contribution < 1.29 is 9.47 Å². The Balaban J connectivity index is 1.75. The zero-order valence-electron chi connectivity index (χ0n) is 9.53. The smallest absolute Gasteiger partial charge is 0.122 e. The second kappa shape index (κ2) is 3.98. The van der Waals surface area contributed by atoms with E-state index in [1.54, 1.807) is 0 Å². The first-order valence-electron chi connectivity index (χ1n) is 5.97. The zero-order valence-corrected chi connectivity index (χ0v) is 9.53. The molecule has 3 nitrogen and oxygen atoms in total. The van der Waals surface area contributed by atoms with Crippen LogP contribution in [0.5, 0.6) is 5.75 Å². The molecule has 1 fully saturated rings. The van der Waals surface area contributed by atoms with Gasteiger partial charge in [0.15, 0.2) is 0 Å². The first kappa shape index (κ1) is 9.97. The third-order valence-corrected chi connectivity index (χ3v) is 3.42. The molecule has 1 aromatic carbocycles. The number of hydrogen-bond donors (Lipinski definition) is 1. The molecule has 0 radical (unpaired) electrons. The molecule has 2 aliphatic heterocycles. The summed E-state index contributed by atoms with van der Waals surface area (Å²) in [5.74, 6) is 1.04. The predicted molar refractivity (Wildman–Crippen MR) is 63.1 cm³/mol. The van der Waals surface area contributed by atoms with E-state index < -0.39 is 0 Å². The van der Waals surface area contributed by atoms with Gasteiger partial charge in [-0.3, -0.25) is 0 Å². The summed E-state index contributed by atoms with van der Waals surface area (Å²) in [4.78, 5) is 0. The van der Waals surface area contributed by atoms with E-state index in [1.807, 2.05) is 0 Å². The maximum Gasteiger partial charge on any atom is 0.122 e. The average Bonchev–Trinajstić information content (AvgIpc) is 2.88. The minimum atomic E-state index is 0.310. The largest absolute Gasteiger partial charge is 0.493 e. The second-order valence-corrected chi connectivity index (χ2v) is 4.54. The van der Waals surface area contributed by atoms with Crippen LogP contribution in [-0.4, -0.2) is 25.4 Å². The summed E-state index contributed by atoms with van der Waals surface area (Å²) in [6.45, 7) is 3.82. The molecule has 2 heterocycles. The van der Waals surface area contributed by atoms with Gasteiger partial charge in [-0.2, -0.15) is 0 Å². The Morgan fingerprint density at radius 3 is 3.06 bits per heavy atom. The van der Waals surface area contributed by atoms with Crippen molar-refractivity contribution in [2.24, 2.45) is 0 Å². The molecular weight excluding hydrogens is 202 g/mol. The highest BCUT2D eigenvalue weighted by Gasteiger charge is 2.24. The van der Waals surface area contributed by atoms with Crippen molar-refractivity contribution in [3.05, 3.63) is 23.8 Å². The van der Waals surface area contributed by atoms with Crippen LogP contribution in [0.1, 0.15) is 18.9 Å². The van der Waals surface area contributed by atoms with Crippen LogP contribution < -0.4 is 10.1 Å². The van der Waals surface area contributed by atoms with Crippen molar-refractivity contribution in [1.82, 2.24) is 0 Å². The predicted octanol–water partition coefficient (Wildman–Crippen LogP) is 2.21. The number of anilines is 1.